The second-order valence-corrected chi connectivity index (χ2v) is 20.7. The summed E-state index contributed by atoms with van der Waals surface area (Å²) in [5.41, 5.74) is 7.76. The monoisotopic (exact) mass is 1000 g/mol. The number of carbonyl (C=O) groups excluding carboxylic acids is 4. The summed E-state index contributed by atoms with van der Waals surface area (Å²) in [5.74, 6) is -0.231. The van der Waals surface area contributed by atoms with Crippen LogP contribution in [0.1, 0.15) is 84.1 Å². The van der Waals surface area contributed by atoms with E-state index in [1.54, 1.807) is 22.7 Å². The smallest absolute Gasteiger partial charge is 0.246 e. The Labute approximate surface area is 415 Å². The Kier molecular flexibility index (Phi) is 17.2. The standard InChI is InChI=1S/C49H60ClN9O8S2/c1-28-30(3)69-48-41(28)42(33-12-14-35(50)15-13-33)54-37(45-57-56-31(4)59(45)48)23-39(61)51-16-17-65-18-19-66-20-21-67-26-40(62)55-44(49(5,6)7)47(64)58-25-36(60)22-38(58)46(63)52-24-32-8-10-34(11-9-32)43-29(2)53-27-68-43/h8-15,27,36-38,44,60H,16-26H2,1-7H3,(H,51,61)(H,52,63)(H,55,62)/t36-,37?,38+,44?/m1/s1. The number of ether oxygens (including phenoxy) is 3. The number of halogens is 1. The molecule has 2 aliphatic heterocycles. The Bertz CT molecular complexity index is 2640. The number of hydrogen-bond donors (Lipinski definition) is 4. The summed E-state index contributed by atoms with van der Waals surface area (Å²) in [6.45, 7) is 14.8. The first-order valence-electron chi connectivity index (χ1n) is 22.9. The highest BCUT2D eigenvalue weighted by atomic mass is 35.5. The number of carbonyl (C=O) groups is 4. The number of benzene rings is 2. The second kappa shape index (κ2) is 23.0. The normalized spacial score (nSPS) is 17.1. The molecule has 4 amide bonds. The van der Waals surface area contributed by atoms with Gasteiger partial charge in [-0.15, -0.1) is 32.9 Å². The van der Waals surface area contributed by atoms with Crippen LogP contribution < -0.4 is 16.0 Å². The summed E-state index contributed by atoms with van der Waals surface area (Å²) in [4.78, 5) is 66.8. The minimum Gasteiger partial charge on any atom is -0.391 e. The molecule has 1 fully saturated rings. The minimum atomic E-state index is -0.984. The molecule has 69 heavy (non-hydrogen) atoms. The number of rotatable bonds is 20. The molecule has 2 aromatic carbocycles. The SMILES string of the molecule is Cc1ncsc1-c1ccc(CNC(=O)[C@@H]2C[C@@H](O)CN2C(=O)C(NC(=O)COCCOCCOCCNC(=O)CC2N=C(c3ccc(Cl)cc3)c3c(sc(C)c3C)-n3c(C)nnc32)C(C)(C)C)cc1. The van der Waals surface area contributed by atoms with Gasteiger partial charge in [0.05, 0.1) is 67.4 Å². The van der Waals surface area contributed by atoms with Gasteiger partial charge in [0.2, 0.25) is 23.6 Å². The van der Waals surface area contributed by atoms with Crippen molar-refractivity contribution in [2.75, 3.05) is 52.7 Å². The third-order valence-corrected chi connectivity index (χ3v) is 14.4. The van der Waals surface area contributed by atoms with Gasteiger partial charge in [0.1, 0.15) is 35.6 Å². The predicted octanol–water partition coefficient (Wildman–Crippen LogP) is 5.60. The molecule has 5 heterocycles. The molecule has 7 rings (SSSR count). The van der Waals surface area contributed by atoms with Crippen molar-refractivity contribution in [2.24, 2.45) is 10.4 Å². The van der Waals surface area contributed by atoms with E-state index < -0.39 is 41.5 Å². The number of fused-ring (bicyclic) bond motifs is 3. The van der Waals surface area contributed by atoms with Gasteiger partial charge in [-0.3, -0.25) is 28.7 Å². The van der Waals surface area contributed by atoms with Gasteiger partial charge in [-0.25, -0.2) is 4.98 Å². The number of aryl methyl sites for hydroxylation is 3. The number of aliphatic imine (C=N–C) groups is 1. The number of thiazole rings is 1. The van der Waals surface area contributed by atoms with Crippen molar-refractivity contribution >= 4 is 63.6 Å². The van der Waals surface area contributed by atoms with E-state index in [0.29, 0.717) is 16.7 Å². The van der Waals surface area contributed by atoms with Crippen molar-refractivity contribution in [3.63, 3.8) is 0 Å². The van der Waals surface area contributed by atoms with Gasteiger partial charge < -0.3 is 40.2 Å². The molecule has 5 aromatic rings. The van der Waals surface area contributed by atoms with E-state index in [9.17, 15) is 24.3 Å². The van der Waals surface area contributed by atoms with Gasteiger partial charge in [0.15, 0.2) is 5.82 Å². The Balaban J connectivity index is 0.797. The van der Waals surface area contributed by atoms with Crippen molar-refractivity contribution in [3.8, 4) is 15.4 Å². The molecule has 0 aliphatic carbocycles. The first kappa shape index (κ1) is 51.4. The van der Waals surface area contributed by atoms with Gasteiger partial charge in [-0.2, -0.15) is 0 Å². The van der Waals surface area contributed by atoms with E-state index >= 15 is 0 Å². The van der Waals surface area contributed by atoms with Crippen molar-refractivity contribution in [2.45, 2.75) is 92.1 Å². The molecule has 17 nitrogen and oxygen atoms in total. The lowest BCUT2D eigenvalue weighted by molar-refractivity contribution is -0.144. The highest BCUT2D eigenvalue weighted by Gasteiger charge is 2.44. The quantitative estimate of drug-likeness (QED) is 0.0706. The largest absolute Gasteiger partial charge is 0.391 e. The summed E-state index contributed by atoms with van der Waals surface area (Å²) in [6, 6.07) is 12.9. The maximum Gasteiger partial charge on any atom is 0.246 e. The molecule has 4 atom stereocenters. The first-order chi connectivity index (χ1) is 33.0. The number of nitrogens with one attached hydrogen (secondary N) is 3. The molecule has 2 aliphatic rings. The number of amides is 4. The van der Waals surface area contributed by atoms with Crippen LogP contribution in [0.3, 0.4) is 0 Å². The number of β-amino-alcohol motifs (C(OH)–C–C–N with tert-alkyl or cyclic N) is 1. The van der Waals surface area contributed by atoms with Crippen molar-refractivity contribution in [1.82, 2.24) is 40.6 Å². The third kappa shape index (κ3) is 12.7. The van der Waals surface area contributed by atoms with Crippen LogP contribution in [0.4, 0.5) is 0 Å². The maximum absolute atomic E-state index is 14.0. The summed E-state index contributed by atoms with van der Waals surface area (Å²) < 4.78 is 18.8. The maximum atomic E-state index is 14.0. The average Bonchev–Trinajstić information content (AvgIpc) is 4.08. The number of hydrogen-bond acceptors (Lipinski definition) is 14. The molecule has 0 saturated carbocycles. The Morgan fingerprint density at radius 3 is 2.25 bits per heavy atom. The van der Waals surface area contributed by atoms with Crippen LogP contribution in [-0.4, -0.2) is 130 Å². The molecule has 2 unspecified atom stereocenters. The van der Waals surface area contributed by atoms with E-state index in [-0.39, 0.29) is 83.9 Å². The summed E-state index contributed by atoms with van der Waals surface area (Å²) >= 11 is 9.45. The highest BCUT2D eigenvalue weighted by molar-refractivity contribution is 7.15. The molecular formula is C49H60ClN9O8S2. The van der Waals surface area contributed by atoms with Gasteiger partial charge in [0, 0.05) is 47.1 Å². The Morgan fingerprint density at radius 1 is 0.884 bits per heavy atom. The topological polar surface area (TPSA) is 211 Å². The zero-order chi connectivity index (χ0) is 49.4. The van der Waals surface area contributed by atoms with Crippen LogP contribution in [0.5, 0.6) is 0 Å². The number of aromatic nitrogens is 4. The number of thiophene rings is 1. The Hall–Kier alpha value is -5.41. The predicted molar refractivity (Wildman–Crippen MR) is 265 cm³/mol. The fourth-order valence-electron chi connectivity index (χ4n) is 8.23. The van der Waals surface area contributed by atoms with Gasteiger partial charge in [0.25, 0.3) is 0 Å². The van der Waals surface area contributed by atoms with Gasteiger partial charge >= 0.3 is 0 Å². The number of likely N-dealkylation sites (tertiary alicyclic amines) is 1. The lowest BCUT2D eigenvalue weighted by Gasteiger charge is -2.35. The number of aliphatic hydroxyl groups excluding tert-OH is 1. The van der Waals surface area contributed by atoms with Crippen LogP contribution in [0.2, 0.25) is 5.02 Å². The van der Waals surface area contributed by atoms with Crippen LogP contribution in [0.15, 0.2) is 59.0 Å². The van der Waals surface area contributed by atoms with Gasteiger partial charge in [-0.1, -0.05) is 68.8 Å². The van der Waals surface area contributed by atoms with Gasteiger partial charge in [-0.05, 0) is 61.9 Å². The van der Waals surface area contributed by atoms with E-state index in [4.69, 9.17) is 30.8 Å². The molecule has 20 heteroatoms. The fraction of sp³-hybridized carbons (Fsp3) is 0.469. The summed E-state index contributed by atoms with van der Waals surface area (Å²) in [5, 5.41) is 29.6. The molecule has 1 saturated heterocycles. The third-order valence-electron chi connectivity index (χ3n) is 12.0. The number of aliphatic hydroxyl groups is 1. The lowest BCUT2D eigenvalue weighted by atomic mass is 9.85. The van der Waals surface area contributed by atoms with Crippen molar-refractivity contribution in [1.29, 1.82) is 0 Å². The van der Waals surface area contributed by atoms with Crippen molar-refractivity contribution < 1.29 is 38.5 Å². The second-order valence-electron chi connectivity index (χ2n) is 18.2. The molecule has 4 N–H and O–H groups in total. The highest BCUT2D eigenvalue weighted by Crippen LogP contribution is 2.40. The molecular weight excluding hydrogens is 942 g/mol. The molecule has 0 bridgehead atoms. The van der Waals surface area contributed by atoms with E-state index in [1.165, 1.54) is 4.90 Å². The average molecular weight is 1000 g/mol. The van der Waals surface area contributed by atoms with E-state index in [1.807, 2.05) is 93.2 Å². The van der Waals surface area contributed by atoms with Crippen LogP contribution >= 0.6 is 34.3 Å². The fourth-order valence-corrected chi connectivity index (χ4v) is 10.4. The zero-order valence-corrected chi connectivity index (χ0v) is 42.4. The van der Waals surface area contributed by atoms with E-state index in [0.717, 1.165) is 54.0 Å². The molecule has 3 aromatic heterocycles. The van der Waals surface area contributed by atoms with E-state index in [2.05, 4.69) is 45.0 Å². The Morgan fingerprint density at radius 2 is 1.57 bits per heavy atom. The lowest BCUT2D eigenvalue weighted by Crippen LogP contribution is -2.58. The summed E-state index contributed by atoms with van der Waals surface area (Å²) in [7, 11) is 0. The minimum absolute atomic E-state index is 0.0281. The first-order valence-corrected chi connectivity index (χ1v) is 25.0. The van der Waals surface area contributed by atoms with Crippen LogP contribution in [0.25, 0.3) is 15.4 Å². The van der Waals surface area contributed by atoms with Crippen LogP contribution in [0, 0.1) is 33.1 Å². The van der Waals surface area contributed by atoms with Crippen LogP contribution in [-0.2, 0) is 39.9 Å². The number of nitrogens with zero attached hydrogens (tertiary/aromatic N) is 6. The zero-order valence-electron chi connectivity index (χ0n) is 40.0. The molecule has 368 valence electrons. The summed E-state index contributed by atoms with van der Waals surface area (Å²) in [6.07, 6.45) is -0.737. The molecule has 0 spiro atoms. The molecule has 0 radical (unpaired) electrons. The van der Waals surface area contributed by atoms with Crippen molar-refractivity contribution in [3.05, 3.63) is 104 Å².